The molecule has 0 amide bonds. The average Bonchev–Trinajstić information content (AvgIpc) is 3.35. The highest BCUT2D eigenvalue weighted by Gasteiger charge is 2.39. The average molecular weight is 438 g/mol. The maximum absolute atomic E-state index is 10.2. The number of imidazole rings is 1. The van der Waals surface area contributed by atoms with Gasteiger partial charge in [0, 0.05) is 41.0 Å². The zero-order valence-electron chi connectivity index (χ0n) is 17.5. The Balaban J connectivity index is 1.26. The highest BCUT2D eigenvalue weighted by atomic mass is 35.5. The first-order valence-corrected chi connectivity index (χ1v) is 11.5. The summed E-state index contributed by atoms with van der Waals surface area (Å²) in [5, 5.41) is 14.8. The third kappa shape index (κ3) is 4.43. The van der Waals surface area contributed by atoms with Gasteiger partial charge in [-0.1, -0.05) is 36.6 Å². The lowest BCUT2D eigenvalue weighted by atomic mass is 9.82. The van der Waals surface area contributed by atoms with Crippen molar-refractivity contribution in [3.63, 3.8) is 0 Å². The Labute approximate surface area is 188 Å². The molecule has 162 valence electrons. The molecule has 2 aromatic carbocycles. The van der Waals surface area contributed by atoms with E-state index in [1.165, 1.54) is 42.5 Å². The Bertz CT molecular complexity index is 1010. The molecule has 0 radical (unpaired) electrons. The smallest absolute Gasteiger partial charge is 0.119 e. The monoisotopic (exact) mass is 437 g/mol. The molecule has 5 nitrogen and oxygen atoms in total. The van der Waals surface area contributed by atoms with Gasteiger partial charge in [0.25, 0.3) is 0 Å². The van der Waals surface area contributed by atoms with Crippen molar-refractivity contribution in [2.45, 2.75) is 56.2 Å². The summed E-state index contributed by atoms with van der Waals surface area (Å²) in [6.45, 7) is 0.725. The summed E-state index contributed by atoms with van der Waals surface area (Å²) in [4.78, 5) is 3.99. The van der Waals surface area contributed by atoms with Crippen molar-refractivity contribution in [2.75, 3.05) is 11.9 Å². The van der Waals surface area contributed by atoms with Gasteiger partial charge < -0.3 is 19.7 Å². The fourth-order valence-corrected chi connectivity index (χ4v) is 5.32. The molecule has 2 aliphatic rings. The molecule has 31 heavy (non-hydrogen) atoms. The minimum Gasteiger partial charge on any atom is -0.491 e. The number of halogens is 1. The van der Waals surface area contributed by atoms with Crippen molar-refractivity contribution in [3.8, 4) is 5.75 Å². The van der Waals surface area contributed by atoms with E-state index in [9.17, 15) is 5.11 Å². The number of nitrogens with one attached hydrogen (secondary N) is 1. The number of hydrogen-bond donors (Lipinski definition) is 2. The number of aliphatic hydroxyl groups is 1. The van der Waals surface area contributed by atoms with E-state index in [4.69, 9.17) is 16.3 Å². The van der Waals surface area contributed by atoms with Crippen LogP contribution >= 0.6 is 11.6 Å². The van der Waals surface area contributed by atoms with E-state index in [0.717, 1.165) is 10.8 Å². The number of fused-ring (bicyclic) bond motifs is 3. The van der Waals surface area contributed by atoms with Crippen LogP contribution in [0.5, 0.6) is 5.75 Å². The number of hydrogen-bond acceptors (Lipinski definition) is 4. The molecule has 1 aliphatic carbocycles. The highest BCUT2D eigenvalue weighted by Crippen LogP contribution is 2.48. The lowest BCUT2D eigenvalue weighted by Gasteiger charge is -2.27. The number of rotatable bonds is 6. The molecule has 6 heteroatoms. The van der Waals surface area contributed by atoms with Gasteiger partial charge in [-0.05, 0) is 54.3 Å². The standard InChI is InChI=1S/C25H28ClN3O2/c26-18-7-10-24-23(13-18)22-4-2-1-3-21(25(22)28-24)17-5-8-20(9-6-17)31-15-19(30)14-29-12-11-27-16-29/h5-13,16,19,21-22,25,28,30H,1-4,14-15H2. The van der Waals surface area contributed by atoms with Crippen LogP contribution in [0.2, 0.25) is 5.02 Å². The van der Waals surface area contributed by atoms with Gasteiger partial charge in [0.1, 0.15) is 18.5 Å². The first kappa shape index (κ1) is 20.4. The summed E-state index contributed by atoms with van der Waals surface area (Å²) in [5.41, 5.74) is 3.95. The quantitative estimate of drug-likeness (QED) is 0.555. The molecule has 0 bridgehead atoms. The largest absolute Gasteiger partial charge is 0.491 e. The minimum atomic E-state index is -0.579. The predicted molar refractivity (Wildman–Crippen MR) is 123 cm³/mol. The van der Waals surface area contributed by atoms with Crippen molar-refractivity contribution in [1.29, 1.82) is 0 Å². The normalized spacial score (nSPS) is 23.4. The van der Waals surface area contributed by atoms with Gasteiger partial charge in [0.05, 0.1) is 12.9 Å². The molecule has 2 heterocycles. The van der Waals surface area contributed by atoms with Crippen LogP contribution in [-0.2, 0) is 6.54 Å². The maximum atomic E-state index is 10.2. The van der Waals surface area contributed by atoms with E-state index in [1.807, 2.05) is 29.0 Å². The van der Waals surface area contributed by atoms with Gasteiger partial charge in [0.15, 0.2) is 0 Å². The molecule has 4 unspecified atom stereocenters. The molecule has 1 aliphatic heterocycles. The van der Waals surface area contributed by atoms with E-state index in [1.54, 1.807) is 12.5 Å². The molecule has 2 N–H and O–H groups in total. The second-order valence-corrected chi connectivity index (χ2v) is 9.13. The van der Waals surface area contributed by atoms with Crippen molar-refractivity contribution in [1.82, 2.24) is 9.55 Å². The van der Waals surface area contributed by atoms with Crippen LogP contribution in [0.3, 0.4) is 0 Å². The van der Waals surface area contributed by atoms with Crippen LogP contribution in [0, 0.1) is 0 Å². The number of anilines is 1. The van der Waals surface area contributed by atoms with E-state index in [2.05, 4.69) is 34.6 Å². The first-order chi connectivity index (χ1) is 15.2. The number of aromatic nitrogens is 2. The lowest BCUT2D eigenvalue weighted by molar-refractivity contribution is 0.0924. The topological polar surface area (TPSA) is 59.3 Å². The Morgan fingerprint density at radius 3 is 2.71 bits per heavy atom. The van der Waals surface area contributed by atoms with Crippen LogP contribution in [0.25, 0.3) is 0 Å². The third-order valence-corrected chi connectivity index (χ3v) is 6.85. The Hall–Kier alpha value is -2.50. The van der Waals surface area contributed by atoms with Gasteiger partial charge in [-0.25, -0.2) is 4.98 Å². The molecule has 4 atom stereocenters. The van der Waals surface area contributed by atoms with Crippen LogP contribution in [-0.4, -0.2) is 33.4 Å². The maximum Gasteiger partial charge on any atom is 0.119 e. The number of ether oxygens (including phenoxy) is 1. The molecule has 1 fully saturated rings. The molecular formula is C25H28ClN3O2. The summed E-state index contributed by atoms with van der Waals surface area (Å²) in [5.74, 6) is 1.75. The van der Waals surface area contributed by atoms with Gasteiger partial charge in [0.2, 0.25) is 0 Å². The van der Waals surface area contributed by atoms with Gasteiger partial charge in [-0.3, -0.25) is 0 Å². The molecule has 5 rings (SSSR count). The second-order valence-electron chi connectivity index (χ2n) is 8.69. The van der Waals surface area contributed by atoms with Gasteiger partial charge >= 0.3 is 0 Å². The molecule has 0 saturated heterocycles. The van der Waals surface area contributed by atoms with Crippen LogP contribution < -0.4 is 10.1 Å². The molecule has 3 aromatic rings. The SMILES string of the molecule is OC(COc1ccc(C2CCCCC3c4cc(Cl)ccc4NC23)cc1)Cn1ccnc1. The molecular weight excluding hydrogens is 410 g/mol. The Morgan fingerprint density at radius 2 is 1.94 bits per heavy atom. The summed E-state index contributed by atoms with van der Waals surface area (Å²) >= 11 is 6.29. The first-order valence-electron chi connectivity index (χ1n) is 11.1. The fraction of sp³-hybridized carbons (Fsp3) is 0.400. The van der Waals surface area contributed by atoms with Crippen molar-refractivity contribution in [2.24, 2.45) is 0 Å². The van der Waals surface area contributed by atoms with Crippen molar-refractivity contribution >= 4 is 17.3 Å². The Kier molecular flexibility index (Phi) is 5.88. The van der Waals surface area contributed by atoms with E-state index < -0.39 is 6.10 Å². The summed E-state index contributed by atoms with van der Waals surface area (Å²) in [6, 6.07) is 15.1. The molecule has 1 aromatic heterocycles. The van der Waals surface area contributed by atoms with Gasteiger partial charge in [-0.15, -0.1) is 0 Å². The number of benzene rings is 2. The van der Waals surface area contributed by atoms with E-state index in [-0.39, 0.29) is 6.61 Å². The minimum absolute atomic E-state index is 0.253. The second kappa shape index (κ2) is 8.93. The highest BCUT2D eigenvalue weighted by molar-refractivity contribution is 6.30. The third-order valence-electron chi connectivity index (χ3n) is 6.61. The summed E-state index contributed by atoms with van der Waals surface area (Å²) in [7, 11) is 0. The van der Waals surface area contributed by atoms with Crippen LogP contribution in [0.15, 0.2) is 61.2 Å². The van der Waals surface area contributed by atoms with Crippen LogP contribution in [0.4, 0.5) is 5.69 Å². The van der Waals surface area contributed by atoms with Crippen molar-refractivity contribution < 1.29 is 9.84 Å². The predicted octanol–water partition coefficient (Wildman–Crippen LogP) is 5.21. The number of aliphatic hydroxyl groups excluding tert-OH is 1. The fourth-order valence-electron chi connectivity index (χ4n) is 5.14. The molecule has 1 saturated carbocycles. The number of nitrogens with zero attached hydrogens (tertiary/aromatic N) is 2. The molecule has 0 spiro atoms. The van der Waals surface area contributed by atoms with E-state index >= 15 is 0 Å². The van der Waals surface area contributed by atoms with E-state index in [0.29, 0.717) is 24.4 Å². The van der Waals surface area contributed by atoms with Crippen LogP contribution in [0.1, 0.15) is 48.6 Å². The summed E-state index contributed by atoms with van der Waals surface area (Å²) in [6.07, 6.45) is 9.54. The lowest BCUT2D eigenvalue weighted by Crippen LogP contribution is -2.27. The van der Waals surface area contributed by atoms with Crippen molar-refractivity contribution in [3.05, 3.63) is 77.3 Å². The summed E-state index contributed by atoms with van der Waals surface area (Å²) < 4.78 is 7.67. The zero-order valence-corrected chi connectivity index (χ0v) is 18.2. The van der Waals surface area contributed by atoms with Gasteiger partial charge in [-0.2, -0.15) is 0 Å². The Morgan fingerprint density at radius 1 is 1.13 bits per heavy atom. The zero-order chi connectivity index (χ0) is 21.2.